The third-order valence-electron chi connectivity index (χ3n) is 6.97. The molecule has 0 radical (unpaired) electrons. The summed E-state index contributed by atoms with van der Waals surface area (Å²) in [6.07, 6.45) is 3.25. The monoisotopic (exact) mass is 489 g/mol. The van der Waals surface area contributed by atoms with Crippen molar-refractivity contribution in [3.8, 4) is 17.2 Å². The molecule has 1 unspecified atom stereocenters. The summed E-state index contributed by atoms with van der Waals surface area (Å²) in [4.78, 5) is 0. The van der Waals surface area contributed by atoms with Crippen molar-refractivity contribution in [2.75, 3.05) is 20.0 Å². The lowest BCUT2D eigenvalue weighted by atomic mass is 9.84. The minimum absolute atomic E-state index is 0.0701. The van der Waals surface area contributed by atoms with Gasteiger partial charge in [-0.2, -0.15) is 0 Å². The second-order valence-electron chi connectivity index (χ2n) is 9.50. The maximum Gasteiger partial charge on any atom is 0.231 e. The van der Waals surface area contributed by atoms with E-state index in [0.29, 0.717) is 26.2 Å². The minimum Gasteiger partial charge on any atom is -0.488 e. The molecule has 3 aromatic carbocycles. The first-order valence-electron chi connectivity index (χ1n) is 12.8. The fourth-order valence-electron chi connectivity index (χ4n) is 5.24. The van der Waals surface area contributed by atoms with E-state index >= 15 is 0 Å². The van der Waals surface area contributed by atoms with Crippen LogP contribution in [0.25, 0.3) is 0 Å². The molecule has 0 amide bonds. The first kappa shape index (κ1) is 24.6. The Kier molecular flexibility index (Phi) is 8.06. The Hall–Kier alpha value is -3.06. The number of aliphatic hydroxyl groups is 1. The summed E-state index contributed by atoms with van der Waals surface area (Å²) < 4.78 is 24.3. The molecule has 6 heteroatoms. The highest BCUT2D eigenvalue weighted by Crippen LogP contribution is 2.51. The van der Waals surface area contributed by atoms with Crippen LogP contribution in [0.1, 0.15) is 53.1 Å². The van der Waals surface area contributed by atoms with Crippen LogP contribution >= 0.6 is 0 Å². The van der Waals surface area contributed by atoms with Crippen LogP contribution in [-0.4, -0.2) is 31.2 Å². The first-order chi connectivity index (χ1) is 17.7. The molecule has 2 aliphatic rings. The van der Waals surface area contributed by atoms with Crippen molar-refractivity contribution in [2.24, 2.45) is 0 Å². The van der Waals surface area contributed by atoms with Crippen molar-refractivity contribution >= 4 is 0 Å². The van der Waals surface area contributed by atoms with Crippen LogP contribution in [0.3, 0.4) is 0 Å². The predicted molar refractivity (Wildman–Crippen MR) is 138 cm³/mol. The zero-order chi connectivity index (χ0) is 24.7. The van der Waals surface area contributed by atoms with Crippen molar-refractivity contribution in [3.63, 3.8) is 0 Å². The molecular weight excluding hydrogens is 454 g/mol. The van der Waals surface area contributed by atoms with Crippen LogP contribution in [-0.2, 0) is 24.4 Å². The van der Waals surface area contributed by atoms with Gasteiger partial charge in [-0.15, -0.1) is 0 Å². The van der Waals surface area contributed by atoms with Crippen molar-refractivity contribution in [2.45, 2.75) is 57.9 Å². The minimum atomic E-state index is 0.0701. The molecule has 0 saturated heterocycles. The molecule has 0 aliphatic carbocycles. The summed E-state index contributed by atoms with van der Waals surface area (Å²) in [7, 11) is 0. The number of aliphatic hydroxyl groups excluding tert-OH is 1. The molecule has 0 saturated carbocycles. The molecule has 0 spiro atoms. The van der Waals surface area contributed by atoms with Crippen LogP contribution < -0.4 is 19.5 Å². The number of nitrogens with one attached hydrogen (secondary N) is 1. The number of hydrogen-bond donors (Lipinski definition) is 2. The van der Waals surface area contributed by atoms with E-state index in [4.69, 9.17) is 18.9 Å². The summed E-state index contributed by atoms with van der Waals surface area (Å²) >= 11 is 0. The van der Waals surface area contributed by atoms with Gasteiger partial charge in [-0.3, -0.25) is 0 Å². The SMILES string of the molecule is Cc1c(OCc2ccccc2)c2c(c3c1OCO3)C(CCCOCc1ccccc1)N[C@H](CCO)C2. The van der Waals surface area contributed by atoms with Crippen molar-refractivity contribution in [1.29, 1.82) is 0 Å². The highest BCUT2D eigenvalue weighted by Gasteiger charge is 2.37. The summed E-state index contributed by atoms with van der Waals surface area (Å²) in [5, 5.41) is 13.5. The van der Waals surface area contributed by atoms with Crippen LogP contribution in [0.2, 0.25) is 0 Å². The Balaban J connectivity index is 1.36. The Morgan fingerprint density at radius 1 is 0.917 bits per heavy atom. The second kappa shape index (κ2) is 11.8. The molecule has 2 N–H and O–H groups in total. The lowest BCUT2D eigenvalue weighted by Crippen LogP contribution is -2.40. The van der Waals surface area contributed by atoms with E-state index in [1.165, 1.54) is 11.1 Å². The highest BCUT2D eigenvalue weighted by molar-refractivity contribution is 5.65. The van der Waals surface area contributed by atoms with E-state index in [2.05, 4.69) is 29.6 Å². The van der Waals surface area contributed by atoms with Crippen molar-refractivity contribution in [3.05, 3.63) is 88.5 Å². The highest BCUT2D eigenvalue weighted by atomic mass is 16.7. The fraction of sp³-hybridized carbons (Fsp3) is 0.400. The zero-order valence-electron chi connectivity index (χ0n) is 20.9. The molecule has 0 aromatic heterocycles. The standard InChI is InChI=1S/C30H35NO5/c1-21-28(34-19-23-11-6-3-7-12-23)25-17-24(14-15-32)31-26(27(25)30-29(21)35-20-36-30)13-8-16-33-18-22-9-4-2-5-10-22/h2-7,9-12,24,26,31-32H,8,13-20H2,1H3/t24-,26?/m1/s1. The summed E-state index contributed by atoms with van der Waals surface area (Å²) in [6, 6.07) is 20.7. The van der Waals surface area contributed by atoms with Gasteiger partial charge in [0.15, 0.2) is 11.5 Å². The zero-order valence-corrected chi connectivity index (χ0v) is 20.9. The van der Waals surface area contributed by atoms with Gasteiger partial charge >= 0.3 is 0 Å². The van der Waals surface area contributed by atoms with Gasteiger partial charge in [0, 0.05) is 42.0 Å². The van der Waals surface area contributed by atoms with Gasteiger partial charge in [0.05, 0.1) is 6.61 Å². The molecule has 2 aliphatic heterocycles. The second-order valence-corrected chi connectivity index (χ2v) is 9.50. The normalized spacial score (nSPS) is 18.2. The quantitative estimate of drug-likeness (QED) is 0.359. The predicted octanol–water partition coefficient (Wildman–Crippen LogP) is 5.24. The summed E-state index contributed by atoms with van der Waals surface area (Å²) in [5.41, 5.74) is 5.58. The lowest BCUT2D eigenvalue weighted by molar-refractivity contribution is 0.113. The van der Waals surface area contributed by atoms with E-state index in [0.717, 1.165) is 53.2 Å². The van der Waals surface area contributed by atoms with E-state index in [1.54, 1.807) is 0 Å². The third-order valence-corrected chi connectivity index (χ3v) is 6.97. The van der Waals surface area contributed by atoms with E-state index < -0.39 is 0 Å². The Bertz CT molecular complexity index is 1140. The van der Waals surface area contributed by atoms with Crippen LogP contribution in [0.15, 0.2) is 60.7 Å². The number of fused-ring (bicyclic) bond motifs is 3. The molecule has 3 aromatic rings. The molecule has 0 bridgehead atoms. The van der Waals surface area contributed by atoms with Gasteiger partial charge in [0.1, 0.15) is 12.4 Å². The largest absolute Gasteiger partial charge is 0.488 e. The molecule has 2 heterocycles. The summed E-state index contributed by atoms with van der Waals surface area (Å²) in [5.74, 6) is 2.50. The number of rotatable bonds is 11. The van der Waals surface area contributed by atoms with Gasteiger partial charge < -0.3 is 29.4 Å². The molecule has 2 atom stereocenters. The number of hydrogen-bond acceptors (Lipinski definition) is 6. The van der Waals surface area contributed by atoms with Gasteiger partial charge in [-0.05, 0) is 43.7 Å². The first-order valence-corrected chi connectivity index (χ1v) is 12.8. The fourth-order valence-corrected chi connectivity index (χ4v) is 5.24. The van der Waals surface area contributed by atoms with Crippen molar-refractivity contribution < 1.29 is 24.1 Å². The third kappa shape index (κ3) is 5.51. The number of ether oxygens (including phenoxy) is 4. The van der Waals surface area contributed by atoms with Gasteiger partial charge in [-0.1, -0.05) is 60.7 Å². The van der Waals surface area contributed by atoms with E-state index in [1.807, 2.05) is 43.3 Å². The smallest absolute Gasteiger partial charge is 0.231 e. The van der Waals surface area contributed by atoms with Gasteiger partial charge in [0.2, 0.25) is 6.79 Å². The molecular formula is C30H35NO5. The summed E-state index contributed by atoms with van der Waals surface area (Å²) in [6.45, 7) is 4.19. The van der Waals surface area contributed by atoms with E-state index in [-0.39, 0.29) is 25.5 Å². The Morgan fingerprint density at radius 3 is 2.33 bits per heavy atom. The van der Waals surface area contributed by atoms with E-state index in [9.17, 15) is 5.11 Å². The molecule has 5 rings (SSSR count). The van der Waals surface area contributed by atoms with Crippen LogP contribution in [0.4, 0.5) is 0 Å². The molecule has 36 heavy (non-hydrogen) atoms. The molecule has 190 valence electrons. The Labute approximate surface area is 213 Å². The van der Waals surface area contributed by atoms with Gasteiger partial charge in [0.25, 0.3) is 0 Å². The van der Waals surface area contributed by atoms with Crippen LogP contribution in [0, 0.1) is 6.92 Å². The number of benzene rings is 3. The topological polar surface area (TPSA) is 69.2 Å². The average Bonchev–Trinajstić information content (AvgIpc) is 3.40. The lowest BCUT2D eigenvalue weighted by Gasteiger charge is -2.35. The maximum atomic E-state index is 9.70. The van der Waals surface area contributed by atoms with Crippen molar-refractivity contribution in [1.82, 2.24) is 5.32 Å². The molecule has 6 nitrogen and oxygen atoms in total. The maximum absolute atomic E-state index is 9.70. The van der Waals surface area contributed by atoms with Gasteiger partial charge in [-0.25, -0.2) is 0 Å². The Morgan fingerprint density at radius 2 is 1.61 bits per heavy atom. The molecule has 0 fully saturated rings. The van der Waals surface area contributed by atoms with Crippen LogP contribution in [0.5, 0.6) is 17.2 Å². The average molecular weight is 490 g/mol.